The zero-order valence-electron chi connectivity index (χ0n) is 10.5. The van der Waals surface area contributed by atoms with E-state index in [1.807, 2.05) is 24.3 Å². The summed E-state index contributed by atoms with van der Waals surface area (Å²) in [5.74, 6) is -0.0828. The monoisotopic (exact) mass is 253 g/mol. The molecule has 0 aliphatic carbocycles. The molecule has 0 saturated carbocycles. The smallest absolute Gasteiger partial charge is 0.247 e. The molecule has 4 nitrogen and oxygen atoms in total. The van der Waals surface area contributed by atoms with Crippen molar-refractivity contribution >= 4 is 17.2 Å². The number of carbonyl (C=O) groups is 1. The highest BCUT2D eigenvalue weighted by Gasteiger charge is 2.29. The van der Waals surface area contributed by atoms with Crippen LogP contribution >= 0.6 is 0 Å². The lowest BCUT2D eigenvalue weighted by Gasteiger charge is -2.24. The third kappa shape index (κ3) is 2.35. The molecule has 2 N–H and O–H groups in total. The first kappa shape index (κ1) is 11.9. The molecule has 19 heavy (non-hydrogen) atoms. The van der Waals surface area contributed by atoms with Crippen LogP contribution in [0.2, 0.25) is 0 Å². The zero-order chi connectivity index (χ0) is 13.2. The highest BCUT2D eigenvalue weighted by atomic mass is 16.2. The Kier molecular flexibility index (Phi) is 3.01. The van der Waals surface area contributed by atoms with E-state index in [4.69, 9.17) is 0 Å². The molecule has 0 spiro atoms. The molecule has 2 aliphatic heterocycles. The van der Waals surface area contributed by atoms with E-state index in [1.165, 1.54) is 0 Å². The van der Waals surface area contributed by atoms with Gasteiger partial charge in [-0.05, 0) is 17.2 Å². The number of rotatable bonds is 2. The number of piperazine rings is 1. The zero-order valence-corrected chi connectivity index (χ0v) is 10.5. The largest absolute Gasteiger partial charge is 0.327 e. The lowest BCUT2D eigenvalue weighted by molar-refractivity contribution is -0.121. The number of nitrogens with one attached hydrogen (secondary N) is 2. The van der Waals surface area contributed by atoms with Gasteiger partial charge in [-0.1, -0.05) is 36.9 Å². The summed E-state index contributed by atoms with van der Waals surface area (Å²) in [6.07, 6.45) is 2.00. The number of aliphatic imine (C=N–C) groups is 1. The maximum absolute atomic E-state index is 11.9. The Bertz CT molecular complexity index is 587. The van der Waals surface area contributed by atoms with Gasteiger partial charge in [-0.15, -0.1) is 0 Å². The van der Waals surface area contributed by atoms with Gasteiger partial charge in [-0.3, -0.25) is 15.1 Å². The van der Waals surface area contributed by atoms with E-state index in [0.717, 1.165) is 16.8 Å². The van der Waals surface area contributed by atoms with Crippen LogP contribution in [0.3, 0.4) is 0 Å². The Morgan fingerprint density at radius 2 is 2.05 bits per heavy atom. The average molecular weight is 253 g/mol. The molecule has 4 heteroatoms. The summed E-state index contributed by atoms with van der Waals surface area (Å²) in [7, 11) is 0. The van der Waals surface area contributed by atoms with Crippen LogP contribution in [0.1, 0.15) is 5.56 Å². The van der Waals surface area contributed by atoms with E-state index < -0.39 is 0 Å². The number of carbonyl (C=O) groups excluding carboxylic acids is 1. The molecule has 1 aromatic carbocycles. The first-order valence-corrected chi connectivity index (χ1v) is 6.26. The maximum atomic E-state index is 11.9. The topological polar surface area (TPSA) is 53.5 Å². The van der Waals surface area contributed by atoms with Crippen molar-refractivity contribution in [1.82, 2.24) is 10.6 Å². The van der Waals surface area contributed by atoms with Crippen LogP contribution in [0.25, 0.3) is 5.57 Å². The predicted octanol–water partition coefficient (Wildman–Crippen LogP) is 1.13. The van der Waals surface area contributed by atoms with Crippen molar-refractivity contribution in [2.45, 2.75) is 6.04 Å². The second-order valence-electron chi connectivity index (χ2n) is 4.68. The first-order chi connectivity index (χ1) is 9.24. The highest BCUT2D eigenvalue weighted by molar-refractivity contribution is 6.18. The number of nitrogens with zero attached hydrogens (tertiary/aromatic N) is 1. The number of benzene rings is 1. The van der Waals surface area contributed by atoms with Gasteiger partial charge in [0.25, 0.3) is 0 Å². The van der Waals surface area contributed by atoms with Crippen molar-refractivity contribution in [2.24, 2.45) is 4.99 Å². The van der Waals surface area contributed by atoms with Crippen LogP contribution in [0.15, 0.2) is 53.7 Å². The van der Waals surface area contributed by atoms with Crippen molar-refractivity contribution in [3.05, 3.63) is 54.2 Å². The molecule has 1 atom stereocenters. The van der Waals surface area contributed by atoms with E-state index in [1.54, 1.807) is 0 Å². The summed E-state index contributed by atoms with van der Waals surface area (Å²) in [5.41, 5.74) is 3.80. The fourth-order valence-electron chi connectivity index (χ4n) is 2.30. The normalized spacial score (nSPS) is 22.8. The lowest BCUT2D eigenvalue weighted by Crippen LogP contribution is -2.54. The Labute approximate surface area is 111 Å². The van der Waals surface area contributed by atoms with Gasteiger partial charge in [-0.2, -0.15) is 0 Å². The molecule has 1 fully saturated rings. The van der Waals surface area contributed by atoms with Crippen molar-refractivity contribution in [3.8, 4) is 0 Å². The van der Waals surface area contributed by atoms with Crippen LogP contribution in [-0.2, 0) is 4.79 Å². The molecular formula is C15H15N3O. The molecule has 1 saturated heterocycles. The number of hydrogen-bond acceptors (Lipinski definition) is 3. The summed E-state index contributed by atoms with van der Waals surface area (Å²) in [6.45, 7) is 4.96. The minimum Gasteiger partial charge on any atom is -0.327 e. The summed E-state index contributed by atoms with van der Waals surface area (Å²) < 4.78 is 0. The van der Waals surface area contributed by atoms with Crippen LogP contribution in [0.5, 0.6) is 0 Å². The van der Waals surface area contributed by atoms with Crippen LogP contribution in [0.4, 0.5) is 0 Å². The number of hydrogen-bond donors (Lipinski definition) is 2. The van der Waals surface area contributed by atoms with Crippen molar-refractivity contribution < 1.29 is 4.79 Å². The fraction of sp³-hybridized carbons (Fsp3) is 0.200. The first-order valence-electron chi connectivity index (χ1n) is 6.26. The van der Waals surface area contributed by atoms with Gasteiger partial charge < -0.3 is 5.32 Å². The van der Waals surface area contributed by atoms with Crippen molar-refractivity contribution in [3.63, 3.8) is 0 Å². The van der Waals surface area contributed by atoms with Gasteiger partial charge >= 0.3 is 0 Å². The molecule has 0 aromatic heterocycles. The van der Waals surface area contributed by atoms with Crippen molar-refractivity contribution in [2.75, 3.05) is 13.1 Å². The SMILES string of the molecule is C=C1CNC(C2=NCC(c3ccccc3)=C2)C(=O)N1. The second kappa shape index (κ2) is 4.82. The molecule has 96 valence electrons. The van der Waals surface area contributed by atoms with Crippen LogP contribution in [0, 0.1) is 0 Å². The van der Waals surface area contributed by atoms with Gasteiger partial charge in [0.15, 0.2) is 0 Å². The molecule has 2 aliphatic rings. The third-order valence-electron chi connectivity index (χ3n) is 3.28. The highest BCUT2D eigenvalue weighted by Crippen LogP contribution is 2.20. The predicted molar refractivity (Wildman–Crippen MR) is 75.8 cm³/mol. The van der Waals surface area contributed by atoms with Gasteiger partial charge in [0.05, 0.1) is 12.3 Å². The van der Waals surface area contributed by atoms with E-state index >= 15 is 0 Å². The molecule has 0 bridgehead atoms. The molecule has 3 rings (SSSR count). The Balaban J connectivity index is 1.79. The molecular weight excluding hydrogens is 238 g/mol. The maximum Gasteiger partial charge on any atom is 0.247 e. The Morgan fingerprint density at radius 3 is 2.79 bits per heavy atom. The van der Waals surface area contributed by atoms with E-state index in [2.05, 4.69) is 34.3 Å². The van der Waals surface area contributed by atoms with Crippen molar-refractivity contribution in [1.29, 1.82) is 0 Å². The van der Waals surface area contributed by atoms with Gasteiger partial charge in [0.1, 0.15) is 6.04 Å². The quantitative estimate of drug-likeness (QED) is 0.830. The molecule has 2 heterocycles. The van der Waals surface area contributed by atoms with Gasteiger partial charge in [0, 0.05) is 12.2 Å². The molecule has 1 unspecified atom stereocenters. The Hall–Kier alpha value is -2.20. The minimum atomic E-state index is -0.369. The summed E-state index contributed by atoms with van der Waals surface area (Å²) in [4.78, 5) is 16.4. The third-order valence-corrected chi connectivity index (χ3v) is 3.28. The summed E-state index contributed by atoms with van der Waals surface area (Å²) in [5, 5.41) is 5.90. The molecule has 1 aromatic rings. The minimum absolute atomic E-state index is 0.0828. The number of amides is 1. The van der Waals surface area contributed by atoms with Crippen LogP contribution in [-0.4, -0.2) is 30.8 Å². The Morgan fingerprint density at radius 1 is 1.26 bits per heavy atom. The second-order valence-corrected chi connectivity index (χ2v) is 4.68. The average Bonchev–Trinajstić information content (AvgIpc) is 2.89. The standard InChI is InChI=1S/C15H15N3O/c1-10-8-17-14(15(19)18-10)13-7-12(9-16-13)11-5-3-2-4-6-11/h2-7,14,17H,1,8-9H2,(H,18,19). The summed E-state index contributed by atoms with van der Waals surface area (Å²) >= 11 is 0. The van der Waals surface area contributed by atoms with Gasteiger partial charge in [0.2, 0.25) is 5.91 Å². The van der Waals surface area contributed by atoms with E-state index in [9.17, 15) is 4.79 Å². The fourth-order valence-corrected chi connectivity index (χ4v) is 2.30. The lowest BCUT2D eigenvalue weighted by atomic mass is 10.0. The van der Waals surface area contributed by atoms with E-state index in [0.29, 0.717) is 18.8 Å². The van der Waals surface area contributed by atoms with Crippen LogP contribution < -0.4 is 10.6 Å². The van der Waals surface area contributed by atoms with E-state index in [-0.39, 0.29) is 11.9 Å². The molecule has 0 radical (unpaired) electrons. The summed E-state index contributed by atoms with van der Waals surface area (Å²) in [6, 6.07) is 9.74. The molecule has 1 amide bonds. The van der Waals surface area contributed by atoms with Gasteiger partial charge in [-0.25, -0.2) is 0 Å².